The highest BCUT2D eigenvalue weighted by Crippen LogP contribution is 2.35. The van der Waals surface area contributed by atoms with E-state index in [4.69, 9.17) is 9.47 Å². The van der Waals surface area contributed by atoms with Crippen molar-refractivity contribution in [2.24, 2.45) is 0 Å². The molecule has 2 N–H and O–H groups in total. The third-order valence-electron chi connectivity index (χ3n) is 4.17. The zero-order valence-corrected chi connectivity index (χ0v) is 15.8. The molecule has 2 aromatic heterocycles. The molecule has 0 bridgehead atoms. The van der Waals surface area contributed by atoms with Crippen LogP contribution in [0.2, 0.25) is 0 Å². The summed E-state index contributed by atoms with van der Waals surface area (Å²) < 4.78 is 10.8. The summed E-state index contributed by atoms with van der Waals surface area (Å²) in [5.41, 5.74) is 2.58. The van der Waals surface area contributed by atoms with Gasteiger partial charge in [-0.3, -0.25) is 4.98 Å². The Morgan fingerprint density at radius 3 is 2.79 bits per heavy atom. The second kappa shape index (κ2) is 8.10. The monoisotopic (exact) mass is 378 g/mol. The molecule has 0 saturated heterocycles. The summed E-state index contributed by atoms with van der Waals surface area (Å²) in [5.74, 6) is 2.71. The zero-order chi connectivity index (χ0) is 19.3. The van der Waals surface area contributed by atoms with Crippen molar-refractivity contribution in [1.29, 1.82) is 0 Å². The van der Waals surface area contributed by atoms with Crippen molar-refractivity contribution in [1.82, 2.24) is 19.9 Å². The van der Waals surface area contributed by atoms with Crippen molar-refractivity contribution in [3.63, 3.8) is 0 Å². The maximum absolute atomic E-state index is 5.45. The van der Waals surface area contributed by atoms with Crippen molar-refractivity contribution in [3.05, 3.63) is 48.8 Å². The Bertz CT molecular complexity index is 949. The lowest BCUT2D eigenvalue weighted by Crippen LogP contribution is -2.21. The average molecular weight is 378 g/mol. The number of aromatic nitrogens is 3. The van der Waals surface area contributed by atoms with Gasteiger partial charge in [-0.15, -0.1) is 0 Å². The normalized spacial score (nSPS) is 12.2. The molecule has 0 spiro atoms. The number of fused-ring (bicyclic) bond motifs is 1. The SMILES string of the molecule is CN(C)CCNc1nc(Nc2ccc3c(c2)OCO3)cc(-c2cccnc2)n1. The quantitative estimate of drug-likeness (QED) is 0.649. The summed E-state index contributed by atoms with van der Waals surface area (Å²) >= 11 is 0. The van der Waals surface area contributed by atoms with Crippen molar-refractivity contribution in [2.45, 2.75) is 0 Å². The minimum atomic E-state index is 0.247. The average Bonchev–Trinajstić information content (AvgIpc) is 3.16. The van der Waals surface area contributed by atoms with E-state index >= 15 is 0 Å². The van der Waals surface area contributed by atoms with Crippen molar-refractivity contribution in [2.75, 3.05) is 44.6 Å². The summed E-state index contributed by atoms with van der Waals surface area (Å²) in [4.78, 5) is 15.5. The molecule has 1 aromatic carbocycles. The van der Waals surface area contributed by atoms with Crippen LogP contribution >= 0.6 is 0 Å². The molecule has 0 amide bonds. The van der Waals surface area contributed by atoms with E-state index in [0.717, 1.165) is 41.5 Å². The minimum Gasteiger partial charge on any atom is -0.454 e. The molecule has 0 atom stereocenters. The first kappa shape index (κ1) is 18.0. The van der Waals surface area contributed by atoms with E-state index in [9.17, 15) is 0 Å². The number of nitrogens with zero attached hydrogens (tertiary/aromatic N) is 4. The van der Waals surface area contributed by atoms with E-state index in [-0.39, 0.29) is 6.79 Å². The number of pyridine rings is 1. The van der Waals surface area contributed by atoms with E-state index in [2.05, 4.69) is 30.5 Å². The molecule has 1 aliphatic rings. The van der Waals surface area contributed by atoms with Crippen LogP contribution in [0, 0.1) is 0 Å². The Balaban J connectivity index is 1.61. The van der Waals surface area contributed by atoms with Gasteiger partial charge < -0.3 is 25.0 Å². The lowest BCUT2D eigenvalue weighted by molar-refractivity contribution is 0.174. The predicted molar refractivity (Wildman–Crippen MR) is 108 cm³/mol. The Morgan fingerprint density at radius 2 is 1.96 bits per heavy atom. The second-order valence-corrected chi connectivity index (χ2v) is 6.63. The standard InChI is InChI=1S/C20H22N6O2/c1-26(2)9-8-22-20-24-16(14-4-3-7-21-12-14)11-19(25-20)23-15-5-6-17-18(10-15)28-13-27-17/h3-7,10-12H,8-9,13H2,1-2H3,(H2,22,23,24,25). The maximum Gasteiger partial charge on any atom is 0.231 e. The van der Waals surface area contributed by atoms with Crippen LogP contribution < -0.4 is 20.1 Å². The van der Waals surface area contributed by atoms with Crippen molar-refractivity contribution < 1.29 is 9.47 Å². The number of nitrogens with one attached hydrogen (secondary N) is 2. The van der Waals surface area contributed by atoms with Gasteiger partial charge in [0.25, 0.3) is 0 Å². The van der Waals surface area contributed by atoms with Crippen LogP contribution in [0.4, 0.5) is 17.5 Å². The van der Waals surface area contributed by atoms with Gasteiger partial charge in [-0.25, -0.2) is 4.98 Å². The molecule has 1 aliphatic heterocycles. The second-order valence-electron chi connectivity index (χ2n) is 6.63. The van der Waals surface area contributed by atoms with E-state index in [1.807, 2.05) is 50.5 Å². The molecule has 3 heterocycles. The predicted octanol–water partition coefficient (Wildman–Crippen LogP) is 2.98. The molecule has 3 aromatic rings. The van der Waals surface area contributed by atoms with Crippen LogP contribution in [0.5, 0.6) is 11.5 Å². The van der Waals surface area contributed by atoms with Crippen LogP contribution in [-0.2, 0) is 0 Å². The van der Waals surface area contributed by atoms with Gasteiger partial charge in [-0.2, -0.15) is 4.98 Å². The zero-order valence-electron chi connectivity index (χ0n) is 15.8. The fourth-order valence-electron chi connectivity index (χ4n) is 2.77. The van der Waals surface area contributed by atoms with Gasteiger partial charge in [0.05, 0.1) is 5.69 Å². The van der Waals surface area contributed by atoms with Gasteiger partial charge in [-0.1, -0.05) is 0 Å². The number of hydrogen-bond donors (Lipinski definition) is 2. The number of hydrogen-bond acceptors (Lipinski definition) is 8. The summed E-state index contributed by atoms with van der Waals surface area (Å²) in [6.07, 6.45) is 3.53. The summed E-state index contributed by atoms with van der Waals surface area (Å²) in [5, 5.41) is 6.61. The largest absolute Gasteiger partial charge is 0.454 e. The molecule has 0 saturated carbocycles. The molecule has 0 unspecified atom stereocenters. The number of ether oxygens (including phenoxy) is 2. The fourth-order valence-corrected chi connectivity index (χ4v) is 2.77. The highest BCUT2D eigenvalue weighted by atomic mass is 16.7. The highest BCUT2D eigenvalue weighted by molar-refractivity contribution is 5.68. The van der Waals surface area contributed by atoms with Crippen LogP contribution in [0.3, 0.4) is 0 Å². The molecule has 0 fully saturated rings. The topological polar surface area (TPSA) is 84.4 Å². The van der Waals surface area contributed by atoms with Crippen LogP contribution in [-0.4, -0.2) is 53.8 Å². The van der Waals surface area contributed by atoms with Crippen LogP contribution in [0.15, 0.2) is 48.8 Å². The summed E-state index contributed by atoms with van der Waals surface area (Å²) in [6, 6.07) is 11.5. The lowest BCUT2D eigenvalue weighted by Gasteiger charge is -2.13. The molecule has 4 rings (SSSR count). The maximum atomic E-state index is 5.45. The summed E-state index contributed by atoms with van der Waals surface area (Å²) in [6.45, 7) is 1.87. The fraction of sp³-hybridized carbons (Fsp3) is 0.250. The third-order valence-corrected chi connectivity index (χ3v) is 4.17. The Hall–Kier alpha value is -3.39. The van der Waals surface area contributed by atoms with Gasteiger partial charge in [-0.05, 0) is 38.4 Å². The van der Waals surface area contributed by atoms with E-state index < -0.39 is 0 Å². The van der Waals surface area contributed by atoms with Crippen LogP contribution in [0.1, 0.15) is 0 Å². The number of rotatable bonds is 7. The molecular weight excluding hydrogens is 356 g/mol. The van der Waals surface area contributed by atoms with Crippen LogP contribution in [0.25, 0.3) is 11.3 Å². The number of benzene rings is 1. The van der Waals surface area contributed by atoms with Crippen molar-refractivity contribution in [3.8, 4) is 22.8 Å². The molecule has 0 aliphatic carbocycles. The Kier molecular flexibility index (Phi) is 5.20. The van der Waals surface area contributed by atoms with E-state index in [1.165, 1.54) is 0 Å². The van der Waals surface area contributed by atoms with Crippen molar-refractivity contribution >= 4 is 17.5 Å². The molecule has 8 nitrogen and oxygen atoms in total. The van der Waals surface area contributed by atoms with Gasteiger partial charge in [0.2, 0.25) is 12.7 Å². The highest BCUT2D eigenvalue weighted by Gasteiger charge is 2.14. The van der Waals surface area contributed by atoms with E-state index in [1.54, 1.807) is 12.4 Å². The molecular formula is C20H22N6O2. The molecule has 144 valence electrons. The first-order valence-electron chi connectivity index (χ1n) is 9.02. The van der Waals surface area contributed by atoms with Gasteiger partial charge >= 0.3 is 0 Å². The van der Waals surface area contributed by atoms with E-state index in [0.29, 0.717) is 11.8 Å². The Labute approximate surface area is 163 Å². The third kappa shape index (κ3) is 4.29. The molecule has 28 heavy (non-hydrogen) atoms. The van der Waals surface area contributed by atoms with Gasteiger partial charge in [0, 0.05) is 48.9 Å². The first-order chi connectivity index (χ1) is 13.7. The molecule has 0 radical (unpaired) electrons. The minimum absolute atomic E-state index is 0.247. The molecule has 8 heteroatoms. The first-order valence-corrected chi connectivity index (χ1v) is 9.02. The van der Waals surface area contributed by atoms with Gasteiger partial charge in [0.15, 0.2) is 11.5 Å². The smallest absolute Gasteiger partial charge is 0.231 e. The lowest BCUT2D eigenvalue weighted by atomic mass is 10.2. The number of likely N-dealkylation sites (N-methyl/N-ethyl adjacent to an activating group) is 1. The Morgan fingerprint density at radius 1 is 1.07 bits per heavy atom. The van der Waals surface area contributed by atoms with Gasteiger partial charge in [0.1, 0.15) is 5.82 Å². The number of anilines is 3. The summed E-state index contributed by atoms with van der Waals surface area (Å²) in [7, 11) is 4.06.